The number of carbonyl (C=O) groups excluding carboxylic acids is 1. The fourth-order valence-corrected chi connectivity index (χ4v) is 2.05. The van der Waals surface area contributed by atoms with Crippen LogP contribution in [0.1, 0.15) is 16.8 Å². The molecule has 0 saturated carbocycles. The molecule has 0 fully saturated rings. The Morgan fingerprint density at radius 1 is 1.35 bits per heavy atom. The van der Waals surface area contributed by atoms with E-state index in [1.807, 2.05) is 0 Å². The number of hydrogen-bond donors (Lipinski definition) is 1. The van der Waals surface area contributed by atoms with Crippen LogP contribution in [0.2, 0.25) is 0 Å². The quantitative estimate of drug-likeness (QED) is 0.828. The largest absolute Gasteiger partial charge is 0.383 e. The highest BCUT2D eigenvalue weighted by atomic mass is 35.5. The fraction of sp³-hybridized carbons (Fsp3) is 0.357. The van der Waals surface area contributed by atoms with Gasteiger partial charge in [-0.1, -0.05) is 0 Å². The van der Waals surface area contributed by atoms with E-state index in [-0.39, 0.29) is 11.3 Å². The Hall–Kier alpha value is -1.72. The normalized spacial score (nSPS) is 12.3. The molecule has 0 radical (unpaired) electrons. The van der Waals surface area contributed by atoms with Gasteiger partial charge in [0.2, 0.25) is 0 Å². The molecule has 1 heterocycles. The summed E-state index contributed by atoms with van der Waals surface area (Å²) >= 11 is 5.99. The maximum Gasteiger partial charge on any atom is 0.251 e. The van der Waals surface area contributed by atoms with Crippen LogP contribution in [-0.2, 0) is 4.74 Å². The lowest BCUT2D eigenvalue weighted by atomic mass is 10.2. The first kappa shape index (κ1) is 14.7. The summed E-state index contributed by atoms with van der Waals surface area (Å²) < 4.78 is 4.93. The van der Waals surface area contributed by atoms with Crippen LogP contribution < -0.4 is 5.32 Å². The molecular weight excluding hydrogens is 278 g/mol. The number of ether oxygens (including phenoxy) is 1. The zero-order valence-electron chi connectivity index (χ0n) is 11.2. The van der Waals surface area contributed by atoms with Gasteiger partial charge in [-0.15, -0.1) is 11.6 Å². The maximum atomic E-state index is 12.0. The molecule has 20 heavy (non-hydrogen) atoms. The highest BCUT2D eigenvalue weighted by Crippen LogP contribution is 2.11. The van der Waals surface area contributed by atoms with E-state index >= 15 is 0 Å². The summed E-state index contributed by atoms with van der Waals surface area (Å²) in [5, 5.41) is 2.73. The minimum Gasteiger partial charge on any atom is -0.383 e. The van der Waals surface area contributed by atoms with Gasteiger partial charge in [0.1, 0.15) is 0 Å². The van der Waals surface area contributed by atoms with Gasteiger partial charge >= 0.3 is 0 Å². The number of alkyl halides is 1. The van der Waals surface area contributed by atoms with Crippen molar-refractivity contribution in [3.8, 4) is 0 Å². The third-order valence-corrected chi connectivity index (χ3v) is 3.17. The number of rotatable bonds is 6. The third kappa shape index (κ3) is 3.88. The number of benzene rings is 1. The lowest BCUT2D eigenvalue weighted by Gasteiger charge is -2.09. The lowest BCUT2D eigenvalue weighted by molar-refractivity contribution is 0.0952. The average Bonchev–Trinajstić information content (AvgIpc) is 2.47. The zero-order valence-corrected chi connectivity index (χ0v) is 11.9. The van der Waals surface area contributed by atoms with Crippen LogP contribution in [0.3, 0.4) is 0 Å². The molecule has 1 aromatic heterocycles. The molecule has 6 heteroatoms. The number of halogens is 1. The highest BCUT2D eigenvalue weighted by molar-refractivity contribution is 6.20. The van der Waals surface area contributed by atoms with Crippen LogP contribution >= 0.6 is 11.6 Å². The third-order valence-electron chi connectivity index (χ3n) is 2.82. The van der Waals surface area contributed by atoms with E-state index in [4.69, 9.17) is 16.3 Å². The van der Waals surface area contributed by atoms with Gasteiger partial charge in [0.05, 0.1) is 23.0 Å². The van der Waals surface area contributed by atoms with Crippen LogP contribution in [0, 0.1) is 0 Å². The molecule has 0 spiro atoms. The number of nitrogens with zero attached hydrogens (tertiary/aromatic N) is 2. The Labute approximate surface area is 122 Å². The highest BCUT2D eigenvalue weighted by Gasteiger charge is 2.08. The van der Waals surface area contributed by atoms with Crippen molar-refractivity contribution in [3.05, 3.63) is 36.2 Å². The van der Waals surface area contributed by atoms with Gasteiger partial charge in [0, 0.05) is 31.6 Å². The topological polar surface area (TPSA) is 64.1 Å². The SMILES string of the molecule is COCC(Cl)CCNC(=O)c1ccc2nccnc2c1. The van der Waals surface area contributed by atoms with E-state index in [0.717, 1.165) is 5.52 Å². The van der Waals surface area contributed by atoms with E-state index < -0.39 is 0 Å². The van der Waals surface area contributed by atoms with Gasteiger partial charge in [-0.2, -0.15) is 0 Å². The van der Waals surface area contributed by atoms with Crippen molar-refractivity contribution < 1.29 is 9.53 Å². The van der Waals surface area contributed by atoms with Crippen LogP contribution in [-0.4, -0.2) is 41.5 Å². The molecule has 0 saturated heterocycles. The smallest absolute Gasteiger partial charge is 0.251 e. The second-order valence-corrected chi connectivity index (χ2v) is 4.97. The number of aromatic nitrogens is 2. The number of fused-ring (bicyclic) bond motifs is 1. The molecule has 5 nitrogen and oxygen atoms in total. The molecule has 0 aliphatic carbocycles. The number of hydrogen-bond acceptors (Lipinski definition) is 4. The molecule has 1 aromatic carbocycles. The second kappa shape index (κ2) is 7.17. The number of methoxy groups -OCH3 is 1. The van der Waals surface area contributed by atoms with E-state index in [1.165, 1.54) is 0 Å². The van der Waals surface area contributed by atoms with E-state index in [2.05, 4.69) is 15.3 Å². The van der Waals surface area contributed by atoms with E-state index in [0.29, 0.717) is 30.7 Å². The molecule has 1 unspecified atom stereocenters. The van der Waals surface area contributed by atoms with Crippen LogP contribution in [0.15, 0.2) is 30.6 Å². The summed E-state index contributed by atoms with van der Waals surface area (Å²) in [7, 11) is 1.60. The van der Waals surface area contributed by atoms with Gasteiger partial charge in [0.15, 0.2) is 0 Å². The first-order valence-electron chi connectivity index (χ1n) is 6.32. The average molecular weight is 294 g/mol. The summed E-state index contributed by atoms with van der Waals surface area (Å²) in [6.07, 6.45) is 3.89. The maximum absolute atomic E-state index is 12.0. The standard InChI is InChI=1S/C14H16ClN3O2/c1-20-9-11(15)4-5-18-14(19)10-2-3-12-13(8-10)17-7-6-16-12/h2-3,6-8,11H,4-5,9H2,1H3,(H,18,19). The molecule has 106 valence electrons. The van der Waals surface area contributed by atoms with E-state index in [9.17, 15) is 4.79 Å². The molecule has 1 N–H and O–H groups in total. The Bertz CT molecular complexity index is 591. The Balaban J connectivity index is 1.94. The van der Waals surface area contributed by atoms with Crippen molar-refractivity contribution in [3.63, 3.8) is 0 Å². The fourth-order valence-electron chi connectivity index (χ4n) is 1.81. The predicted octanol–water partition coefficient (Wildman–Crippen LogP) is 2.00. The molecule has 2 rings (SSSR count). The molecule has 0 aliphatic heterocycles. The van der Waals surface area contributed by atoms with Crippen LogP contribution in [0.4, 0.5) is 0 Å². The minimum atomic E-state index is -0.140. The van der Waals surface area contributed by atoms with Crippen LogP contribution in [0.5, 0.6) is 0 Å². The van der Waals surface area contributed by atoms with Gasteiger partial charge in [0.25, 0.3) is 5.91 Å². The predicted molar refractivity (Wildman–Crippen MR) is 78.0 cm³/mol. The Morgan fingerprint density at radius 3 is 2.85 bits per heavy atom. The summed E-state index contributed by atoms with van der Waals surface area (Å²) in [6.45, 7) is 0.984. The van der Waals surface area contributed by atoms with Gasteiger partial charge < -0.3 is 10.1 Å². The molecular formula is C14H16ClN3O2. The molecule has 2 aromatic rings. The number of carbonyl (C=O) groups is 1. The van der Waals surface area contributed by atoms with Crippen molar-refractivity contribution in [1.82, 2.24) is 15.3 Å². The van der Waals surface area contributed by atoms with Gasteiger partial charge in [-0.25, -0.2) is 0 Å². The van der Waals surface area contributed by atoms with Crippen molar-refractivity contribution in [2.75, 3.05) is 20.3 Å². The summed E-state index contributed by atoms with van der Waals surface area (Å²) in [4.78, 5) is 20.3. The molecule has 1 amide bonds. The van der Waals surface area contributed by atoms with Crippen molar-refractivity contribution in [2.45, 2.75) is 11.8 Å². The number of nitrogens with one attached hydrogen (secondary N) is 1. The first-order valence-corrected chi connectivity index (χ1v) is 6.76. The Morgan fingerprint density at radius 2 is 2.10 bits per heavy atom. The van der Waals surface area contributed by atoms with Crippen molar-refractivity contribution in [2.24, 2.45) is 0 Å². The zero-order chi connectivity index (χ0) is 14.4. The Kier molecular flexibility index (Phi) is 5.26. The first-order chi connectivity index (χ1) is 9.70. The van der Waals surface area contributed by atoms with Crippen molar-refractivity contribution >= 4 is 28.5 Å². The van der Waals surface area contributed by atoms with Crippen molar-refractivity contribution in [1.29, 1.82) is 0 Å². The summed E-state index contributed by atoms with van der Waals surface area (Å²) in [5.41, 5.74) is 2.04. The van der Waals surface area contributed by atoms with E-state index in [1.54, 1.807) is 37.7 Å². The van der Waals surface area contributed by atoms with Gasteiger partial charge in [-0.3, -0.25) is 14.8 Å². The lowest BCUT2D eigenvalue weighted by Crippen LogP contribution is -2.27. The molecule has 0 bridgehead atoms. The number of amides is 1. The summed E-state index contributed by atoms with van der Waals surface area (Å²) in [6, 6.07) is 5.25. The summed E-state index contributed by atoms with van der Waals surface area (Å²) in [5.74, 6) is -0.140. The monoisotopic (exact) mass is 293 g/mol. The second-order valence-electron chi connectivity index (χ2n) is 4.36. The van der Waals surface area contributed by atoms with Gasteiger partial charge in [-0.05, 0) is 24.6 Å². The molecule has 1 atom stereocenters. The van der Waals surface area contributed by atoms with Crippen LogP contribution in [0.25, 0.3) is 11.0 Å². The minimum absolute atomic E-state index is 0.0947. The molecule has 0 aliphatic rings.